The first-order valence-electron chi connectivity index (χ1n) is 8.10. The first kappa shape index (κ1) is 19.2. The molecule has 1 amide bonds. The van der Waals surface area contributed by atoms with Crippen LogP contribution in [-0.2, 0) is 11.3 Å². The molecule has 0 aliphatic carbocycles. The third-order valence-electron chi connectivity index (χ3n) is 3.83. The summed E-state index contributed by atoms with van der Waals surface area (Å²) in [7, 11) is 0. The number of thioether (sulfide) groups is 1. The third-order valence-corrected chi connectivity index (χ3v) is 5.25. The van der Waals surface area contributed by atoms with Crippen LogP contribution in [0.15, 0.2) is 53.7 Å². The second-order valence-corrected chi connectivity index (χ2v) is 7.47. The molecule has 0 saturated heterocycles. The Morgan fingerprint density at radius 1 is 1.26 bits per heavy atom. The second kappa shape index (κ2) is 8.41. The van der Waals surface area contributed by atoms with Gasteiger partial charge in [-0.3, -0.25) is 4.79 Å². The van der Waals surface area contributed by atoms with Crippen LogP contribution in [0, 0.1) is 5.82 Å². The van der Waals surface area contributed by atoms with Gasteiger partial charge in [0.15, 0.2) is 5.82 Å². The second-order valence-electron chi connectivity index (χ2n) is 5.75. The summed E-state index contributed by atoms with van der Waals surface area (Å²) in [6.07, 6.45) is 0. The molecule has 0 bridgehead atoms. The van der Waals surface area contributed by atoms with Crippen LogP contribution < -0.4 is 11.2 Å². The quantitative estimate of drug-likeness (QED) is 0.485. The smallest absolute Gasteiger partial charge is 0.233 e. The third kappa shape index (κ3) is 4.58. The Balaban J connectivity index is 1.64. The Morgan fingerprint density at radius 3 is 2.67 bits per heavy atom. The van der Waals surface area contributed by atoms with Crippen LogP contribution >= 0.6 is 23.4 Å². The van der Waals surface area contributed by atoms with Crippen LogP contribution in [-0.4, -0.2) is 26.0 Å². The Bertz CT molecular complexity index is 947. The summed E-state index contributed by atoms with van der Waals surface area (Å²) in [6, 6.07) is 13.1. The van der Waals surface area contributed by atoms with Gasteiger partial charge in [0, 0.05) is 17.1 Å². The molecule has 3 rings (SSSR count). The molecule has 140 valence electrons. The van der Waals surface area contributed by atoms with Gasteiger partial charge in [-0.05, 0) is 42.8 Å². The van der Waals surface area contributed by atoms with E-state index in [2.05, 4.69) is 15.5 Å². The number of aromatic nitrogens is 3. The van der Waals surface area contributed by atoms with Crippen molar-refractivity contribution < 1.29 is 9.18 Å². The van der Waals surface area contributed by atoms with E-state index < -0.39 is 5.25 Å². The summed E-state index contributed by atoms with van der Waals surface area (Å²) < 4.78 is 14.3. The van der Waals surface area contributed by atoms with Crippen molar-refractivity contribution >= 4 is 29.3 Å². The van der Waals surface area contributed by atoms with E-state index in [1.165, 1.54) is 28.6 Å². The van der Waals surface area contributed by atoms with Crippen LogP contribution in [0.2, 0.25) is 5.02 Å². The number of halogens is 2. The largest absolute Gasteiger partial charge is 0.351 e. The zero-order valence-electron chi connectivity index (χ0n) is 14.4. The Morgan fingerprint density at radius 2 is 1.96 bits per heavy atom. The minimum absolute atomic E-state index is 0.175. The fraction of sp³-hybridized carbons (Fsp3) is 0.167. The van der Waals surface area contributed by atoms with E-state index in [0.29, 0.717) is 28.1 Å². The maximum Gasteiger partial charge on any atom is 0.233 e. The Labute approximate surface area is 164 Å². The van der Waals surface area contributed by atoms with Crippen molar-refractivity contribution in [2.45, 2.75) is 23.9 Å². The minimum atomic E-state index is -0.444. The van der Waals surface area contributed by atoms with Crippen LogP contribution in [0.3, 0.4) is 0 Å². The number of nitrogens with zero attached hydrogens (tertiary/aromatic N) is 3. The molecule has 3 N–H and O–H groups in total. The number of nitrogens with two attached hydrogens (primary N) is 1. The lowest BCUT2D eigenvalue weighted by Crippen LogP contribution is -2.31. The van der Waals surface area contributed by atoms with Crippen molar-refractivity contribution in [1.29, 1.82) is 0 Å². The fourth-order valence-corrected chi connectivity index (χ4v) is 3.33. The number of nitrogen functional groups attached to an aromatic ring is 1. The lowest BCUT2D eigenvalue weighted by molar-refractivity contribution is -0.120. The zero-order valence-corrected chi connectivity index (χ0v) is 16.0. The standard InChI is InChI=1S/C18H17ClFN5OS/c1-11(17(26)22-10-13-4-2-3-5-15(13)19)27-18-24-23-16(25(18)21)12-6-8-14(20)9-7-12/h2-9,11H,10,21H2,1H3,(H,22,26)/t11-/m1/s1. The maximum atomic E-state index is 13.1. The highest BCUT2D eigenvalue weighted by Gasteiger charge is 2.20. The van der Waals surface area contributed by atoms with Gasteiger partial charge in [0.2, 0.25) is 11.1 Å². The van der Waals surface area contributed by atoms with E-state index in [1.807, 2.05) is 18.2 Å². The molecule has 0 radical (unpaired) electrons. The summed E-state index contributed by atoms with van der Waals surface area (Å²) >= 11 is 7.27. The molecule has 1 aromatic heterocycles. The van der Waals surface area contributed by atoms with Gasteiger partial charge in [0.1, 0.15) is 5.82 Å². The molecule has 0 saturated carbocycles. The summed E-state index contributed by atoms with van der Waals surface area (Å²) in [4.78, 5) is 12.3. The monoisotopic (exact) mass is 405 g/mol. The SMILES string of the molecule is C[C@@H](Sc1nnc(-c2ccc(F)cc2)n1N)C(=O)NCc1ccccc1Cl. The van der Waals surface area contributed by atoms with Crippen molar-refractivity contribution in [3.8, 4) is 11.4 Å². The summed E-state index contributed by atoms with van der Waals surface area (Å²) in [5.74, 6) is 5.90. The molecular weight excluding hydrogens is 389 g/mol. The molecule has 3 aromatic rings. The first-order valence-corrected chi connectivity index (χ1v) is 9.35. The number of carbonyl (C=O) groups excluding carboxylic acids is 1. The number of hydrogen-bond donors (Lipinski definition) is 2. The van der Waals surface area contributed by atoms with Gasteiger partial charge in [-0.1, -0.05) is 41.6 Å². The summed E-state index contributed by atoms with van der Waals surface area (Å²) in [5, 5.41) is 11.4. The van der Waals surface area contributed by atoms with Crippen molar-refractivity contribution in [2.75, 3.05) is 5.84 Å². The van der Waals surface area contributed by atoms with Gasteiger partial charge >= 0.3 is 0 Å². The molecular formula is C18H17ClFN5OS. The molecule has 1 heterocycles. The minimum Gasteiger partial charge on any atom is -0.351 e. The highest BCUT2D eigenvalue weighted by molar-refractivity contribution is 8.00. The Hall–Kier alpha value is -2.58. The van der Waals surface area contributed by atoms with E-state index in [-0.39, 0.29) is 11.7 Å². The predicted molar refractivity (Wildman–Crippen MR) is 104 cm³/mol. The number of rotatable bonds is 6. The zero-order chi connectivity index (χ0) is 19.4. The van der Waals surface area contributed by atoms with Crippen LogP contribution in [0.25, 0.3) is 11.4 Å². The predicted octanol–water partition coefficient (Wildman–Crippen LogP) is 3.25. The molecule has 0 fully saturated rings. The number of carbonyl (C=O) groups is 1. The molecule has 27 heavy (non-hydrogen) atoms. The first-order chi connectivity index (χ1) is 13.0. The van der Waals surface area contributed by atoms with Gasteiger partial charge in [0.05, 0.1) is 5.25 Å². The van der Waals surface area contributed by atoms with Gasteiger partial charge in [-0.25, -0.2) is 9.07 Å². The molecule has 9 heteroatoms. The highest BCUT2D eigenvalue weighted by Crippen LogP contribution is 2.25. The van der Waals surface area contributed by atoms with E-state index in [0.717, 1.165) is 5.56 Å². The molecule has 1 atom stereocenters. The molecule has 0 unspecified atom stereocenters. The number of hydrogen-bond acceptors (Lipinski definition) is 5. The van der Waals surface area contributed by atoms with E-state index in [4.69, 9.17) is 17.4 Å². The fourth-order valence-electron chi connectivity index (χ4n) is 2.33. The van der Waals surface area contributed by atoms with E-state index in [9.17, 15) is 9.18 Å². The molecule has 0 aliphatic rings. The number of nitrogens with one attached hydrogen (secondary N) is 1. The van der Waals surface area contributed by atoms with E-state index in [1.54, 1.807) is 25.1 Å². The van der Waals surface area contributed by atoms with Crippen molar-refractivity contribution in [1.82, 2.24) is 20.2 Å². The average Bonchev–Trinajstić information content (AvgIpc) is 3.02. The molecule has 0 spiro atoms. The lowest BCUT2D eigenvalue weighted by atomic mass is 10.2. The van der Waals surface area contributed by atoms with Gasteiger partial charge in [-0.2, -0.15) is 0 Å². The van der Waals surface area contributed by atoms with Crippen molar-refractivity contribution in [2.24, 2.45) is 0 Å². The summed E-state index contributed by atoms with van der Waals surface area (Å²) in [5.41, 5.74) is 1.47. The van der Waals surface area contributed by atoms with Crippen molar-refractivity contribution in [3.63, 3.8) is 0 Å². The normalized spacial score (nSPS) is 12.0. The summed E-state index contributed by atoms with van der Waals surface area (Å²) in [6.45, 7) is 2.08. The topological polar surface area (TPSA) is 85.8 Å². The molecule has 0 aliphatic heterocycles. The van der Waals surface area contributed by atoms with Gasteiger partial charge in [0.25, 0.3) is 0 Å². The highest BCUT2D eigenvalue weighted by atomic mass is 35.5. The molecule has 2 aromatic carbocycles. The van der Waals surface area contributed by atoms with Gasteiger partial charge < -0.3 is 11.2 Å². The average molecular weight is 406 g/mol. The number of amides is 1. The van der Waals surface area contributed by atoms with Crippen molar-refractivity contribution in [3.05, 3.63) is 64.9 Å². The van der Waals surface area contributed by atoms with Crippen LogP contribution in [0.5, 0.6) is 0 Å². The van der Waals surface area contributed by atoms with E-state index >= 15 is 0 Å². The van der Waals surface area contributed by atoms with Gasteiger partial charge in [-0.15, -0.1) is 10.2 Å². The van der Waals surface area contributed by atoms with Crippen LogP contribution in [0.1, 0.15) is 12.5 Å². The Kier molecular flexibility index (Phi) is 5.98. The number of benzene rings is 2. The molecule has 6 nitrogen and oxygen atoms in total. The van der Waals surface area contributed by atoms with Crippen LogP contribution in [0.4, 0.5) is 4.39 Å². The maximum absolute atomic E-state index is 13.1. The lowest BCUT2D eigenvalue weighted by Gasteiger charge is -2.12.